The van der Waals surface area contributed by atoms with Gasteiger partial charge >= 0.3 is 0 Å². The summed E-state index contributed by atoms with van der Waals surface area (Å²) in [5, 5.41) is 29.3. The maximum atomic E-state index is 12.2. The number of primary amides is 1. The zero-order valence-electron chi connectivity index (χ0n) is 18.4. The molecule has 33 heavy (non-hydrogen) atoms. The number of nitrogens with one attached hydrogen (secondary N) is 2. The van der Waals surface area contributed by atoms with Crippen molar-refractivity contribution in [2.75, 3.05) is 5.32 Å². The molecule has 4 rings (SSSR count). The molecule has 9 nitrogen and oxygen atoms in total. The van der Waals surface area contributed by atoms with E-state index < -0.39 is 11.4 Å². The second-order valence-corrected chi connectivity index (χ2v) is 8.99. The van der Waals surface area contributed by atoms with E-state index in [1.54, 1.807) is 10.9 Å². The van der Waals surface area contributed by atoms with E-state index in [4.69, 9.17) is 11.0 Å². The molecule has 1 aromatic carbocycles. The van der Waals surface area contributed by atoms with Crippen LogP contribution in [0.2, 0.25) is 0 Å². The third kappa shape index (κ3) is 5.05. The van der Waals surface area contributed by atoms with Gasteiger partial charge in [0.2, 0.25) is 5.91 Å². The molecule has 2 aromatic rings. The largest absolute Gasteiger partial charge is 0.365 e. The SMILES string of the molecule is N#CC[C@]1(n2cc(C(N)=O)c(NC(=O)C3CC3)n2)CC[C@@H](NCc2ccc(C#N)cc2)CC1. The molecule has 2 amide bonds. The summed E-state index contributed by atoms with van der Waals surface area (Å²) in [6, 6.07) is 12.2. The average Bonchev–Trinajstić information content (AvgIpc) is 3.59. The van der Waals surface area contributed by atoms with Crippen LogP contribution in [-0.4, -0.2) is 27.6 Å². The standard InChI is InChI=1S/C24H27N7O2/c25-12-11-24(31-15-20(21(27)32)22(30-31)29-23(33)18-5-6-18)9-7-19(8-10-24)28-14-17-3-1-16(13-26)2-4-17/h1-4,15,18-19,28H,5-11,14H2,(H2,27,32)(H,29,30,33)/t19-,24+. The molecule has 0 bridgehead atoms. The molecule has 0 aliphatic heterocycles. The number of hydrogen-bond donors (Lipinski definition) is 3. The van der Waals surface area contributed by atoms with Crippen molar-refractivity contribution in [2.45, 2.75) is 63.1 Å². The summed E-state index contributed by atoms with van der Waals surface area (Å²) in [4.78, 5) is 24.2. The Morgan fingerprint density at radius 3 is 2.42 bits per heavy atom. The van der Waals surface area contributed by atoms with Crippen molar-refractivity contribution in [3.8, 4) is 12.1 Å². The molecule has 0 atom stereocenters. The summed E-state index contributed by atoms with van der Waals surface area (Å²) in [5.41, 5.74) is 6.91. The quantitative estimate of drug-likeness (QED) is 0.568. The Labute approximate surface area is 192 Å². The van der Waals surface area contributed by atoms with Crippen molar-refractivity contribution in [3.63, 3.8) is 0 Å². The number of amides is 2. The van der Waals surface area contributed by atoms with E-state index in [9.17, 15) is 14.9 Å². The smallest absolute Gasteiger partial charge is 0.254 e. The lowest BCUT2D eigenvalue weighted by molar-refractivity contribution is -0.117. The number of carbonyl (C=O) groups is 2. The minimum Gasteiger partial charge on any atom is -0.365 e. The first-order valence-corrected chi connectivity index (χ1v) is 11.2. The van der Waals surface area contributed by atoms with Crippen LogP contribution in [0.15, 0.2) is 30.5 Å². The Balaban J connectivity index is 1.44. The molecule has 0 unspecified atom stereocenters. The van der Waals surface area contributed by atoms with E-state index in [1.807, 2.05) is 24.3 Å². The molecule has 2 fully saturated rings. The maximum Gasteiger partial charge on any atom is 0.254 e. The van der Waals surface area contributed by atoms with Gasteiger partial charge < -0.3 is 16.4 Å². The topological polar surface area (TPSA) is 150 Å². The Bertz CT molecular complexity index is 1110. The second kappa shape index (κ2) is 9.43. The highest BCUT2D eigenvalue weighted by Crippen LogP contribution is 2.39. The fraction of sp³-hybridized carbons (Fsp3) is 0.458. The molecule has 2 saturated carbocycles. The monoisotopic (exact) mass is 445 g/mol. The van der Waals surface area contributed by atoms with E-state index >= 15 is 0 Å². The van der Waals surface area contributed by atoms with Gasteiger partial charge in [-0.25, -0.2) is 0 Å². The van der Waals surface area contributed by atoms with Gasteiger partial charge in [0.25, 0.3) is 5.91 Å². The van der Waals surface area contributed by atoms with Crippen molar-refractivity contribution < 1.29 is 9.59 Å². The third-order valence-electron chi connectivity index (χ3n) is 6.66. The van der Waals surface area contributed by atoms with Crippen molar-refractivity contribution in [3.05, 3.63) is 47.2 Å². The van der Waals surface area contributed by atoms with Crippen molar-refractivity contribution >= 4 is 17.6 Å². The summed E-state index contributed by atoms with van der Waals surface area (Å²) >= 11 is 0. The van der Waals surface area contributed by atoms with Crippen LogP contribution in [0.4, 0.5) is 5.82 Å². The molecule has 2 aliphatic rings. The molecule has 0 saturated heterocycles. The molecule has 1 heterocycles. The third-order valence-corrected chi connectivity index (χ3v) is 6.66. The number of anilines is 1. The fourth-order valence-electron chi connectivity index (χ4n) is 4.41. The minimum atomic E-state index is -0.655. The van der Waals surface area contributed by atoms with Crippen LogP contribution < -0.4 is 16.4 Å². The number of aromatic nitrogens is 2. The van der Waals surface area contributed by atoms with Crippen LogP contribution >= 0.6 is 0 Å². The zero-order chi connectivity index (χ0) is 23.4. The first-order chi connectivity index (χ1) is 15.9. The van der Waals surface area contributed by atoms with Crippen molar-refractivity contribution in [1.82, 2.24) is 15.1 Å². The first kappa shape index (κ1) is 22.5. The molecule has 1 aromatic heterocycles. The van der Waals surface area contributed by atoms with Crippen LogP contribution in [0, 0.1) is 28.6 Å². The molecule has 4 N–H and O–H groups in total. The highest BCUT2D eigenvalue weighted by atomic mass is 16.2. The van der Waals surface area contributed by atoms with Gasteiger partial charge in [0.1, 0.15) is 5.56 Å². The predicted molar refractivity (Wildman–Crippen MR) is 121 cm³/mol. The van der Waals surface area contributed by atoms with Crippen molar-refractivity contribution in [1.29, 1.82) is 10.5 Å². The highest BCUT2D eigenvalue weighted by molar-refractivity contribution is 6.02. The lowest BCUT2D eigenvalue weighted by Crippen LogP contribution is -2.43. The normalized spacial score (nSPS) is 22.2. The molecule has 2 aliphatic carbocycles. The zero-order valence-corrected chi connectivity index (χ0v) is 18.4. The maximum absolute atomic E-state index is 12.2. The van der Waals surface area contributed by atoms with Gasteiger partial charge in [-0.3, -0.25) is 14.3 Å². The Morgan fingerprint density at radius 1 is 1.15 bits per heavy atom. The Morgan fingerprint density at radius 2 is 1.85 bits per heavy atom. The van der Waals surface area contributed by atoms with Crippen LogP contribution in [0.3, 0.4) is 0 Å². The predicted octanol–water partition coefficient (Wildman–Crippen LogP) is 2.54. The summed E-state index contributed by atoms with van der Waals surface area (Å²) in [6.45, 7) is 0.701. The number of rotatable bonds is 8. The molecule has 170 valence electrons. The lowest BCUT2D eigenvalue weighted by Gasteiger charge is -2.39. The second-order valence-electron chi connectivity index (χ2n) is 8.99. The van der Waals surface area contributed by atoms with E-state index in [0.29, 0.717) is 24.9 Å². The van der Waals surface area contributed by atoms with Gasteiger partial charge in [-0.15, -0.1) is 0 Å². The Hall–Kier alpha value is -3.69. The number of nitrogens with zero attached hydrogens (tertiary/aromatic N) is 4. The summed E-state index contributed by atoms with van der Waals surface area (Å²) < 4.78 is 1.68. The summed E-state index contributed by atoms with van der Waals surface area (Å²) in [7, 11) is 0. The van der Waals surface area contributed by atoms with Gasteiger partial charge in [0, 0.05) is 24.7 Å². The first-order valence-electron chi connectivity index (χ1n) is 11.2. The van der Waals surface area contributed by atoms with Crippen LogP contribution in [0.25, 0.3) is 0 Å². The number of carbonyl (C=O) groups excluding carboxylic acids is 2. The molecule has 0 spiro atoms. The Kier molecular flexibility index (Phi) is 6.43. The van der Waals surface area contributed by atoms with E-state index in [2.05, 4.69) is 27.9 Å². The number of hydrogen-bond acceptors (Lipinski definition) is 6. The molecule has 9 heteroatoms. The fourth-order valence-corrected chi connectivity index (χ4v) is 4.41. The number of benzene rings is 1. The van der Waals surface area contributed by atoms with Gasteiger partial charge in [-0.2, -0.15) is 15.6 Å². The van der Waals surface area contributed by atoms with Gasteiger partial charge in [0.15, 0.2) is 5.82 Å². The lowest BCUT2D eigenvalue weighted by atomic mass is 9.77. The van der Waals surface area contributed by atoms with Crippen LogP contribution in [0.5, 0.6) is 0 Å². The summed E-state index contributed by atoms with van der Waals surface area (Å²) in [5.74, 6) is -0.649. The van der Waals surface area contributed by atoms with Gasteiger partial charge in [0.05, 0.1) is 29.7 Å². The average molecular weight is 446 g/mol. The van der Waals surface area contributed by atoms with Crippen LogP contribution in [-0.2, 0) is 16.9 Å². The van der Waals surface area contributed by atoms with Gasteiger partial charge in [-0.05, 0) is 56.2 Å². The van der Waals surface area contributed by atoms with E-state index in [-0.39, 0.29) is 35.7 Å². The number of nitriles is 2. The van der Waals surface area contributed by atoms with Crippen molar-refractivity contribution in [2.24, 2.45) is 11.7 Å². The highest BCUT2D eigenvalue weighted by Gasteiger charge is 2.39. The van der Waals surface area contributed by atoms with Crippen LogP contribution in [0.1, 0.15) is 66.4 Å². The van der Waals surface area contributed by atoms with E-state index in [0.717, 1.165) is 31.2 Å². The summed E-state index contributed by atoms with van der Waals surface area (Å²) in [6.07, 6.45) is 6.61. The van der Waals surface area contributed by atoms with Gasteiger partial charge in [-0.1, -0.05) is 12.1 Å². The molecular formula is C24H27N7O2. The van der Waals surface area contributed by atoms with E-state index in [1.165, 1.54) is 0 Å². The number of nitrogens with two attached hydrogens (primary N) is 1. The minimum absolute atomic E-state index is 0.0263. The molecule has 0 radical (unpaired) electrons. The molecular weight excluding hydrogens is 418 g/mol.